The van der Waals surface area contributed by atoms with Gasteiger partial charge < -0.3 is 25.6 Å². The third-order valence-corrected chi connectivity index (χ3v) is 9.06. The number of halogens is 3. The monoisotopic (exact) mass is 634 g/mol. The maximum atomic E-state index is 16.4. The van der Waals surface area contributed by atoms with E-state index in [2.05, 4.69) is 15.3 Å². The number of fused-ring (bicyclic) bond motifs is 1. The molecule has 45 heavy (non-hydrogen) atoms. The van der Waals surface area contributed by atoms with Crippen LogP contribution in [-0.2, 0) is 18.6 Å². The zero-order valence-electron chi connectivity index (χ0n) is 24.7. The molecule has 1 saturated carbocycles. The summed E-state index contributed by atoms with van der Waals surface area (Å²) in [4.78, 5) is 20.8. The van der Waals surface area contributed by atoms with Crippen LogP contribution in [0.15, 0.2) is 67.0 Å². The largest absolute Gasteiger partial charge is 0.483 e. The molecule has 1 aliphatic carbocycles. The molecular formula is C34H33ClF2N4O4. The van der Waals surface area contributed by atoms with E-state index in [9.17, 15) is 9.90 Å². The van der Waals surface area contributed by atoms with E-state index in [1.165, 1.54) is 30.6 Å². The van der Waals surface area contributed by atoms with Crippen LogP contribution in [0.3, 0.4) is 0 Å². The van der Waals surface area contributed by atoms with Gasteiger partial charge in [0.2, 0.25) is 5.91 Å². The first-order valence-electron chi connectivity index (χ1n) is 14.8. The number of aromatic nitrogens is 2. The summed E-state index contributed by atoms with van der Waals surface area (Å²) in [6.45, 7) is 2.05. The van der Waals surface area contributed by atoms with Crippen LogP contribution in [0, 0.1) is 11.6 Å². The highest BCUT2D eigenvalue weighted by Gasteiger charge is 2.45. The number of nitrogens with zero attached hydrogens (tertiary/aromatic N) is 2. The molecule has 1 amide bonds. The molecular weight excluding hydrogens is 602 g/mol. The molecule has 0 unspecified atom stereocenters. The molecule has 1 aliphatic heterocycles. The molecule has 3 aromatic carbocycles. The molecule has 1 fully saturated rings. The number of aliphatic hydroxyl groups is 1. The van der Waals surface area contributed by atoms with Crippen LogP contribution in [0.5, 0.6) is 11.5 Å². The lowest BCUT2D eigenvalue weighted by molar-refractivity contribution is 0.0104. The van der Waals surface area contributed by atoms with Crippen molar-refractivity contribution in [3.8, 4) is 22.6 Å². The van der Waals surface area contributed by atoms with E-state index in [1.54, 1.807) is 6.07 Å². The van der Waals surface area contributed by atoms with Gasteiger partial charge in [0.15, 0.2) is 23.0 Å². The number of carbonyl (C=O) groups excluding carboxylic acids is 1. The Labute approximate surface area is 264 Å². The minimum Gasteiger partial charge on any atom is -0.483 e. The average molecular weight is 635 g/mol. The van der Waals surface area contributed by atoms with Crippen LogP contribution in [-0.4, -0.2) is 39.2 Å². The Balaban J connectivity index is 1.41. The Morgan fingerprint density at radius 2 is 1.82 bits per heavy atom. The predicted octanol–water partition coefficient (Wildman–Crippen LogP) is 5.87. The Bertz CT molecular complexity index is 1720. The second kappa shape index (κ2) is 12.3. The zero-order valence-corrected chi connectivity index (χ0v) is 25.4. The molecule has 234 valence electrons. The van der Waals surface area contributed by atoms with Gasteiger partial charge in [0.05, 0.1) is 16.2 Å². The molecule has 4 aromatic rings. The fraction of sp³-hybridized carbons (Fsp3) is 0.324. The highest BCUT2D eigenvalue weighted by molar-refractivity contribution is 6.34. The van der Waals surface area contributed by atoms with Gasteiger partial charge in [0.1, 0.15) is 18.2 Å². The van der Waals surface area contributed by atoms with Gasteiger partial charge in [-0.2, -0.15) is 0 Å². The van der Waals surface area contributed by atoms with Crippen molar-refractivity contribution in [2.45, 2.75) is 62.9 Å². The number of hydrogen-bond donors (Lipinski definition) is 3. The van der Waals surface area contributed by atoms with Gasteiger partial charge in [-0.3, -0.25) is 4.79 Å². The van der Waals surface area contributed by atoms with Gasteiger partial charge in [0.25, 0.3) is 0 Å². The van der Waals surface area contributed by atoms with Crippen LogP contribution in [0.25, 0.3) is 11.1 Å². The van der Waals surface area contributed by atoms with Gasteiger partial charge in [-0.1, -0.05) is 41.9 Å². The van der Waals surface area contributed by atoms with Gasteiger partial charge in [-0.25, -0.2) is 18.7 Å². The summed E-state index contributed by atoms with van der Waals surface area (Å²) in [5, 5.41) is 13.7. The first-order chi connectivity index (χ1) is 21.6. The van der Waals surface area contributed by atoms with Gasteiger partial charge in [-0.15, -0.1) is 0 Å². The topological polar surface area (TPSA) is 120 Å². The number of benzene rings is 3. The number of nitrogens with two attached hydrogens (primary N) is 1. The van der Waals surface area contributed by atoms with Crippen molar-refractivity contribution < 1.29 is 28.2 Å². The second-order valence-corrected chi connectivity index (χ2v) is 12.3. The van der Waals surface area contributed by atoms with E-state index in [0.717, 1.165) is 18.4 Å². The third-order valence-electron chi connectivity index (χ3n) is 8.69. The lowest BCUT2D eigenvalue weighted by atomic mass is 9.82. The van der Waals surface area contributed by atoms with Crippen molar-refractivity contribution >= 4 is 17.5 Å². The SMILES string of the molecule is C[C@]1(O)CC[C@H](NC[C@@]2(c3ccccc3)Cc3c(cc(F)c(Cl)c3-c3c(C(N)=O)ccc(OCc4ncccn4)c3F)O2)CC1. The summed E-state index contributed by atoms with van der Waals surface area (Å²) in [5.74, 6) is -2.39. The van der Waals surface area contributed by atoms with Gasteiger partial charge in [0, 0.05) is 54.2 Å². The van der Waals surface area contributed by atoms with Crippen molar-refractivity contribution in [2.24, 2.45) is 5.73 Å². The van der Waals surface area contributed by atoms with Gasteiger partial charge in [-0.05, 0) is 56.4 Å². The number of nitrogens with one attached hydrogen (secondary N) is 1. The van der Waals surface area contributed by atoms with Crippen LogP contribution < -0.4 is 20.5 Å². The Hall–Kier alpha value is -4.12. The van der Waals surface area contributed by atoms with Crippen molar-refractivity contribution in [3.63, 3.8) is 0 Å². The molecule has 1 aromatic heterocycles. The summed E-state index contributed by atoms with van der Waals surface area (Å²) < 4.78 is 44.2. The molecule has 0 saturated heterocycles. The maximum absolute atomic E-state index is 16.4. The van der Waals surface area contributed by atoms with Crippen molar-refractivity contribution in [1.82, 2.24) is 15.3 Å². The summed E-state index contributed by atoms with van der Waals surface area (Å²) in [7, 11) is 0. The number of amides is 1. The molecule has 2 heterocycles. The molecule has 6 rings (SSSR count). The normalized spacial score (nSPS) is 22.5. The zero-order chi connectivity index (χ0) is 31.8. The smallest absolute Gasteiger partial charge is 0.249 e. The Kier molecular flexibility index (Phi) is 8.47. The van der Waals surface area contributed by atoms with Crippen LogP contribution >= 0.6 is 11.6 Å². The first-order valence-corrected chi connectivity index (χ1v) is 15.2. The highest BCUT2D eigenvalue weighted by atomic mass is 35.5. The minimum atomic E-state index is -1.00. The van der Waals surface area contributed by atoms with E-state index >= 15 is 8.78 Å². The van der Waals surface area contributed by atoms with E-state index in [-0.39, 0.29) is 52.3 Å². The van der Waals surface area contributed by atoms with Crippen molar-refractivity contribution in [3.05, 3.63) is 106 Å². The van der Waals surface area contributed by atoms with E-state index in [1.807, 2.05) is 37.3 Å². The number of carbonyl (C=O) groups is 1. The number of hydrogen-bond acceptors (Lipinski definition) is 7. The summed E-state index contributed by atoms with van der Waals surface area (Å²) in [6.07, 6.45) is 6.16. The average Bonchev–Trinajstić information content (AvgIpc) is 3.40. The summed E-state index contributed by atoms with van der Waals surface area (Å²) in [5.41, 5.74) is 4.79. The van der Waals surface area contributed by atoms with E-state index in [0.29, 0.717) is 30.8 Å². The van der Waals surface area contributed by atoms with E-state index in [4.69, 9.17) is 26.8 Å². The summed E-state index contributed by atoms with van der Waals surface area (Å²) in [6, 6.07) is 15.1. The molecule has 2 aliphatic rings. The molecule has 0 bridgehead atoms. The van der Waals surface area contributed by atoms with E-state index < -0.39 is 28.7 Å². The fourth-order valence-corrected chi connectivity index (χ4v) is 6.48. The quantitative estimate of drug-likeness (QED) is 0.211. The predicted molar refractivity (Wildman–Crippen MR) is 165 cm³/mol. The highest BCUT2D eigenvalue weighted by Crippen LogP contribution is 2.50. The van der Waals surface area contributed by atoms with Crippen LogP contribution in [0.1, 0.15) is 59.9 Å². The first kappa shape index (κ1) is 30.9. The van der Waals surface area contributed by atoms with Crippen molar-refractivity contribution in [1.29, 1.82) is 0 Å². The lowest BCUT2D eigenvalue weighted by Gasteiger charge is -2.36. The van der Waals surface area contributed by atoms with Crippen LogP contribution in [0.2, 0.25) is 5.02 Å². The summed E-state index contributed by atoms with van der Waals surface area (Å²) >= 11 is 6.60. The fourth-order valence-electron chi connectivity index (χ4n) is 6.22. The molecule has 4 N–H and O–H groups in total. The Morgan fingerprint density at radius 1 is 1.11 bits per heavy atom. The standard InChI is InChI=1S/C34H33ClF2N4O4/c1-33(43)12-10-21(11-13-33)41-19-34(20-6-3-2-4-7-20)17-23-26(45-34)16-24(36)30(35)28(23)29-22(32(38)42)8-9-25(31(29)37)44-18-27-39-14-5-15-40-27/h2-9,14-16,21,41,43H,10-13,17-19H2,1H3,(H2,38,42)/t21-,33-,34-/m1/s1. The third kappa shape index (κ3) is 6.22. The van der Waals surface area contributed by atoms with Gasteiger partial charge >= 0.3 is 0 Å². The molecule has 8 nitrogen and oxygen atoms in total. The number of ether oxygens (including phenoxy) is 2. The number of primary amides is 1. The molecule has 1 atom stereocenters. The Morgan fingerprint density at radius 3 is 2.51 bits per heavy atom. The minimum absolute atomic E-state index is 0.0223. The van der Waals surface area contributed by atoms with Crippen molar-refractivity contribution in [2.75, 3.05) is 6.54 Å². The second-order valence-electron chi connectivity index (χ2n) is 11.9. The van der Waals surface area contributed by atoms with Crippen LogP contribution in [0.4, 0.5) is 8.78 Å². The maximum Gasteiger partial charge on any atom is 0.249 e. The molecule has 11 heteroatoms. The lowest BCUT2D eigenvalue weighted by Crippen LogP contribution is -2.48. The molecule has 0 spiro atoms. The molecule has 0 radical (unpaired) electrons. The number of rotatable bonds is 9.